The molecule has 1 saturated heterocycles. The van der Waals surface area contributed by atoms with Crippen LogP contribution >= 0.6 is 15.9 Å². The molecule has 3 nitrogen and oxygen atoms in total. The summed E-state index contributed by atoms with van der Waals surface area (Å²) in [6.45, 7) is 1.12. The number of hydrogen-bond donors (Lipinski definition) is 1. The van der Waals surface area contributed by atoms with Crippen LogP contribution in [0.25, 0.3) is 0 Å². The summed E-state index contributed by atoms with van der Waals surface area (Å²) in [5, 5.41) is 2.61. The minimum Gasteiger partial charge on any atom is -0.381 e. The standard InChI is InChI=1S/C12H13BrFNO2/c13-9-4-1-5-10(14)11(9)15-12(16)8-3-2-6-17-7-8/h1,4-5,8H,2-3,6-7H2,(H,15,16)/t8-/m1/s1. The monoisotopic (exact) mass is 301 g/mol. The molecule has 1 amide bonds. The molecule has 0 saturated carbocycles. The Balaban J connectivity index is 2.07. The van der Waals surface area contributed by atoms with Crippen molar-refractivity contribution in [2.24, 2.45) is 5.92 Å². The van der Waals surface area contributed by atoms with Crippen LogP contribution in [-0.2, 0) is 9.53 Å². The summed E-state index contributed by atoms with van der Waals surface area (Å²) in [5.41, 5.74) is 0.197. The average Bonchev–Trinajstić information content (AvgIpc) is 2.35. The molecule has 1 atom stereocenters. The van der Waals surface area contributed by atoms with E-state index < -0.39 is 5.82 Å². The second-order valence-electron chi connectivity index (χ2n) is 4.00. The lowest BCUT2D eigenvalue weighted by atomic mass is 10.0. The number of benzene rings is 1. The summed E-state index contributed by atoms with van der Waals surface area (Å²) in [6.07, 6.45) is 1.66. The highest BCUT2D eigenvalue weighted by Gasteiger charge is 2.23. The Kier molecular flexibility index (Phi) is 4.12. The number of carbonyl (C=O) groups is 1. The van der Waals surface area contributed by atoms with Crippen molar-refractivity contribution in [1.29, 1.82) is 0 Å². The second-order valence-corrected chi connectivity index (χ2v) is 4.85. The van der Waals surface area contributed by atoms with Crippen molar-refractivity contribution in [2.45, 2.75) is 12.8 Å². The van der Waals surface area contributed by atoms with E-state index in [1.54, 1.807) is 12.1 Å². The van der Waals surface area contributed by atoms with Gasteiger partial charge in [0.25, 0.3) is 0 Å². The van der Waals surface area contributed by atoms with Gasteiger partial charge in [0.2, 0.25) is 5.91 Å². The molecule has 0 aromatic heterocycles. The van der Waals surface area contributed by atoms with E-state index >= 15 is 0 Å². The molecule has 1 N–H and O–H groups in total. The van der Waals surface area contributed by atoms with Gasteiger partial charge in [0.15, 0.2) is 0 Å². The highest BCUT2D eigenvalue weighted by molar-refractivity contribution is 9.10. The number of carbonyl (C=O) groups excluding carboxylic acids is 1. The maximum absolute atomic E-state index is 13.5. The number of hydrogen-bond acceptors (Lipinski definition) is 2. The minimum absolute atomic E-state index is 0.185. The van der Waals surface area contributed by atoms with E-state index in [0.717, 1.165) is 12.8 Å². The number of rotatable bonds is 2. The second kappa shape index (κ2) is 5.60. The van der Waals surface area contributed by atoms with Crippen molar-refractivity contribution in [2.75, 3.05) is 18.5 Å². The topological polar surface area (TPSA) is 38.3 Å². The van der Waals surface area contributed by atoms with Crippen molar-refractivity contribution in [3.63, 3.8) is 0 Å². The van der Waals surface area contributed by atoms with Crippen LogP contribution in [0.1, 0.15) is 12.8 Å². The Labute approximate surface area is 107 Å². The van der Waals surface area contributed by atoms with Gasteiger partial charge in [-0.3, -0.25) is 4.79 Å². The van der Waals surface area contributed by atoms with Crippen LogP contribution in [0, 0.1) is 11.7 Å². The first-order valence-electron chi connectivity index (χ1n) is 5.51. The third-order valence-corrected chi connectivity index (χ3v) is 3.40. The number of anilines is 1. The molecule has 0 radical (unpaired) electrons. The lowest BCUT2D eigenvalue weighted by Crippen LogP contribution is -2.30. The van der Waals surface area contributed by atoms with Crippen LogP contribution in [0.4, 0.5) is 10.1 Å². The average molecular weight is 302 g/mol. The molecule has 17 heavy (non-hydrogen) atoms. The zero-order chi connectivity index (χ0) is 12.3. The molecule has 0 spiro atoms. The predicted octanol–water partition coefficient (Wildman–Crippen LogP) is 2.95. The third kappa shape index (κ3) is 3.04. The van der Waals surface area contributed by atoms with Gasteiger partial charge in [0.1, 0.15) is 5.82 Å². The maximum Gasteiger partial charge on any atom is 0.229 e. The van der Waals surface area contributed by atoms with Crippen LogP contribution < -0.4 is 5.32 Å². The molecule has 1 aliphatic heterocycles. The summed E-state index contributed by atoms with van der Waals surface area (Å²) in [6, 6.07) is 4.59. The number of halogens is 2. The molecule has 0 unspecified atom stereocenters. The van der Waals surface area contributed by atoms with E-state index in [1.807, 2.05) is 0 Å². The zero-order valence-electron chi connectivity index (χ0n) is 9.21. The van der Waals surface area contributed by atoms with Gasteiger partial charge >= 0.3 is 0 Å². The van der Waals surface area contributed by atoms with Gasteiger partial charge in [-0.2, -0.15) is 0 Å². The number of nitrogens with one attached hydrogen (secondary N) is 1. The van der Waals surface area contributed by atoms with Gasteiger partial charge in [0.05, 0.1) is 18.2 Å². The van der Waals surface area contributed by atoms with Gasteiger partial charge in [-0.25, -0.2) is 4.39 Å². The number of ether oxygens (including phenoxy) is 1. The zero-order valence-corrected chi connectivity index (χ0v) is 10.8. The molecule has 1 heterocycles. The van der Waals surface area contributed by atoms with Crippen LogP contribution in [-0.4, -0.2) is 19.1 Å². The Hall–Kier alpha value is -0.940. The Bertz CT molecular complexity index is 399. The number of para-hydroxylation sites is 1. The van der Waals surface area contributed by atoms with Gasteiger partial charge in [-0.05, 0) is 40.9 Å². The first kappa shape index (κ1) is 12.5. The van der Waals surface area contributed by atoms with Gasteiger partial charge in [-0.1, -0.05) is 6.07 Å². The van der Waals surface area contributed by atoms with Crippen molar-refractivity contribution < 1.29 is 13.9 Å². The largest absolute Gasteiger partial charge is 0.381 e. The van der Waals surface area contributed by atoms with Crippen LogP contribution in [0.15, 0.2) is 22.7 Å². The molecule has 1 aromatic rings. The summed E-state index contributed by atoms with van der Waals surface area (Å²) < 4.78 is 19.3. The SMILES string of the molecule is O=C(Nc1c(F)cccc1Br)[C@@H]1CCCOC1. The van der Waals surface area contributed by atoms with Crippen molar-refractivity contribution in [1.82, 2.24) is 0 Å². The normalized spacial score (nSPS) is 20.0. The summed E-state index contributed by atoms with van der Waals surface area (Å²) in [7, 11) is 0. The fourth-order valence-corrected chi connectivity index (χ4v) is 2.23. The minimum atomic E-state index is -0.440. The van der Waals surface area contributed by atoms with E-state index in [-0.39, 0.29) is 17.5 Å². The molecule has 2 rings (SSSR count). The quantitative estimate of drug-likeness (QED) is 0.912. The molecule has 1 aliphatic rings. The molecular weight excluding hydrogens is 289 g/mol. The van der Waals surface area contributed by atoms with Crippen LogP contribution in [0.5, 0.6) is 0 Å². The highest BCUT2D eigenvalue weighted by Crippen LogP contribution is 2.26. The highest BCUT2D eigenvalue weighted by atomic mass is 79.9. The van der Waals surface area contributed by atoms with E-state index in [4.69, 9.17) is 4.74 Å². The first-order chi connectivity index (χ1) is 8.18. The van der Waals surface area contributed by atoms with Gasteiger partial charge in [-0.15, -0.1) is 0 Å². The summed E-state index contributed by atoms with van der Waals surface area (Å²) in [5.74, 6) is -0.810. The Morgan fingerprint density at radius 3 is 3.00 bits per heavy atom. The summed E-state index contributed by atoms with van der Waals surface area (Å²) in [4.78, 5) is 11.9. The Morgan fingerprint density at radius 1 is 1.53 bits per heavy atom. The fourth-order valence-electron chi connectivity index (χ4n) is 1.79. The van der Waals surface area contributed by atoms with E-state index in [2.05, 4.69) is 21.2 Å². The van der Waals surface area contributed by atoms with Gasteiger partial charge < -0.3 is 10.1 Å². The molecular formula is C12H13BrFNO2. The van der Waals surface area contributed by atoms with E-state index in [1.165, 1.54) is 6.07 Å². The molecule has 5 heteroatoms. The van der Waals surface area contributed by atoms with Crippen molar-refractivity contribution in [3.05, 3.63) is 28.5 Å². The molecule has 1 fully saturated rings. The first-order valence-corrected chi connectivity index (χ1v) is 6.30. The van der Waals surface area contributed by atoms with Gasteiger partial charge in [0, 0.05) is 11.1 Å². The fraction of sp³-hybridized carbons (Fsp3) is 0.417. The number of amides is 1. The van der Waals surface area contributed by atoms with E-state index in [0.29, 0.717) is 17.7 Å². The Morgan fingerprint density at radius 2 is 2.35 bits per heavy atom. The van der Waals surface area contributed by atoms with Crippen LogP contribution in [0.3, 0.4) is 0 Å². The lowest BCUT2D eigenvalue weighted by molar-refractivity contribution is -0.123. The molecule has 1 aromatic carbocycles. The molecule has 0 bridgehead atoms. The molecule has 0 aliphatic carbocycles. The maximum atomic E-state index is 13.5. The predicted molar refractivity (Wildman–Crippen MR) is 66.3 cm³/mol. The third-order valence-electron chi connectivity index (χ3n) is 2.74. The molecule has 92 valence electrons. The van der Waals surface area contributed by atoms with Crippen molar-refractivity contribution in [3.8, 4) is 0 Å². The lowest BCUT2D eigenvalue weighted by Gasteiger charge is -2.21. The van der Waals surface area contributed by atoms with Crippen LogP contribution in [0.2, 0.25) is 0 Å². The van der Waals surface area contributed by atoms with Crippen molar-refractivity contribution >= 4 is 27.5 Å². The smallest absolute Gasteiger partial charge is 0.229 e. The summed E-state index contributed by atoms with van der Waals surface area (Å²) >= 11 is 3.21. The van der Waals surface area contributed by atoms with E-state index in [9.17, 15) is 9.18 Å².